The third-order valence-corrected chi connectivity index (χ3v) is 4.51. The molecule has 1 fully saturated rings. The van der Waals surface area contributed by atoms with E-state index >= 15 is 0 Å². The third kappa shape index (κ3) is 2.88. The molecule has 3 aromatic rings. The number of pyridine rings is 1. The van der Waals surface area contributed by atoms with Gasteiger partial charge in [-0.25, -0.2) is 0 Å². The Kier molecular flexibility index (Phi) is 3.76. The van der Waals surface area contributed by atoms with Crippen LogP contribution in [-0.2, 0) is 11.3 Å². The molecule has 1 saturated heterocycles. The second kappa shape index (κ2) is 5.81. The molecular weight excluding hydrogens is 349 g/mol. The maximum atomic E-state index is 11.7. The van der Waals surface area contributed by atoms with Crippen LogP contribution in [0.5, 0.6) is 5.75 Å². The van der Waals surface area contributed by atoms with E-state index in [9.17, 15) is 4.79 Å². The maximum absolute atomic E-state index is 11.7. The minimum Gasteiger partial charge on any atom is -0.487 e. The lowest BCUT2D eigenvalue weighted by molar-refractivity contribution is 0.309. The fourth-order valence-corrected chi connectivity index (χ4v) is 3.11. The largest absolute Gasteiger partial charge is 0.487 e. The van der Waals surface area contributed by atoms with E-state index in [0.717, 1.165) is 16.5 Å². The highest BCUT2D eigenvalue weighted by Crippen LogP contribution is 2.57. The number of epoxide rings is 1. The van der Waals surface area contributed by atoms with Gasteiger partial charge in [0.1, 0.15) is 18.5 Å². The molecule has 0 radical (unpaired) electrons. The summed E-state index contributed by atoms with van der Waals surface area (Å²) in [4.78, 5) is 14.6. The highest BCUT2D eigenvalue weighted by molar-refractivity contribution is 6.49. The number of aromatic amines is 1. The Balaban J connectivity index is 1.72. The number of hydrogen-bond donors (Lipinski definition) is 1. The van der Waals surface area contributed by atoms with Crippen LogP contribution in [0.3, 0.4) is 0 Å². The van der Waals surface area contributed by atoms with E-state index in [2.05, 4.69) is 4.98 Å². The minimum absolute atomic E-state index is 0.205. The normalized spacial score (nSPS) is 18.5. The molecule has 24 heavy (non-hydrogen) atoms. The van der Waals surface area contributed by atoms with Gasteiger partial charge in [0.15, 0.2) is 0 Å². The van der Waals surface area contributed by atoms with Gasteiger partial charge >= 0.3 is 0 Å². The molecule has 2 aromatic carbocycles. The number of H-pyrrole nitrogens is 1. The highest BCUT2D eigenvalue weighted by atomic mass is 35.5. The molecule has 1 aromatic heterocycles. The second-order valence-electron chi connectivity index (χ2n) is 5.60. The summed E-state index contributed by atoms with van der Waals surface area (Å²) in [6.07, 6.45) is -0.419. The van der Waals surface area contributed by atoms with Crippen LogP contribution in [0.2, 0.25) is 0 Å². The van der Waals surface area contributed by atoms with Crippen molar-refractivity contribution in [3.05, 3.63) is 76.1 Å². The Morgan fingerprint density at radius 1 is 1.08 bits per heavy atom. The van der Waals surface area contributed by atoms with Crippen molar-refractivity contribution in [3.63, 3.8) is 0 Å². The number of halogens is 2. The van der Waals surface area contributed by atoms with Crippen LogP contribution in [0, 0.1) is 0 Å². The number of benzene rings is 2. The molecule has 1 N–H and O–H groups in total. The summed E-state index contributed by atoms with van der Waals surface area (Å²) in [7, 11) is 0. The van der Waals surface area contributed by atoms with Crippen molar-refractivity contribution in [3.8, 4) is 5.75 Å². The Hall–Kier alpha value is -2.01. The van der Waals surface area contributed by atoms with E-state index in [1.807, 2.05) is 36.4 Å². The smallest absolute Gasteiger partial charge is 0.249 e. The SMILES string of the molecule is O=c1ccc2c(C3OC3(Cl)Cl)ccc(OCc3ccccc3)c2[nH]1. The molecule has 6 heteroatoms. The van der Waals surface area contributed by atoms with Crippen LogP contribution < -0.4 is 10.3 Å². The fourth-order valence-electron chi connectivity index (χ4n) is 2.70. The summed E-state index contributed by atoms with van der Waals surface area (Å²) in [5.41, 5.74) is 2.26. The molecule has 0 amide bonds. The van der Waals surface area contributed by atoms with Crippen LogP contribution in [0.15, 0.2) is 59.4 Å². The standard InChI is InChI=1S/C18H13Cl2NO3/c19-18(20)17(24-18)13-6-8-14(16-12(13)7-9-15(22)21-16)23-10-11-4-2-1-3-5-11/h1-9,17H,10H2,(H,21,22). The topological polar surface area (TPSA) is 54.6 Å². The number of fused-ring (bicyclic) bond motifs is 1. The van der Waals surface area contributed by atoms with Gasteiger partial charge in [-0.2, -0.15) is 0 Å². The lowest BCUT2D eigenvalue weighted by atomic mass is 10.1. The van der Waals surface area contributed by atoms with Gasteiger partial charge in [-0.05, 0) is 23.3 Å². The molecule has 4 nitrogen and oxygen atoms in total. The Bertz CT molecular complexity index is 953. The average molecular weight is 362 g/mol. The lowest BCUT2D eigenvalue weighted by Gasteiger charge is -2.11. The van der Waals surface area contributed by atoms with Crippen LogP contribution in [0.1, 0.15) is 17.2 Å². The van der Waals surface area contributed by atoms with Gasteiger partial charge in [0.05, 0.1) is 5.52 Å². The van der Waals surface area contributed by atoms with Crippen LogP contribution in [0.4, 0.5) is 0 Å². The van der Waals surface area contributed by atoms with Crippen molar-refractivity contribution in [2.24, 2.45) is 0 Å². The van der Waals surface area contributed by atoms with Gasteiger partial charge in [-0.15, -0.1) is 0 Å². The summed E-state index contributed by atoms with van der Waals surface area (Å²) in [5, 5.41) is 0.799. The van der Waals surface area contributed by atoms with E-state index in [1.165, 1.54) is 6.07 Å². The zero-order valence-corrected chi connectivity index (χ0v) is 14.0. The average Bonchev–Trinajstić information content (AvgIpc) is 3.21. The first-order valence-corrected chi connectivity index (χ1v) is 8.18. The zero-order valence-electron chi connectivity index (χ0n) is 12.5. The molecule has 0 spiro atoms. The summed E-state index contributed by atoms with van der Waals surface area (Å²) in [6.45, 7) is 0.404. The number of ether oxygens (including phenoxy) is 2. The number of hydrogen-bond acceptors (Lipinski definition) is 3. The van der Waals surface area contributed by atoms with E-state index in [4.69, 9.17) is 32.7 Å². The molecule has 1 atom stereocenters. The lowest BCUT2D eigenvalue weighted by Crippen LogP contribution is -2.06. The zero-order chi connectivity index (χ0) is 16.7. The van der Waals surface area contributed by atoms with E-state index in [1.54, 1.807) is 12.1 Å². The van der Waals surface area contributed by atoms with E-state index in [-0.39, 0.29) is 5.56 Å². The Morgan fingerprint density at radius 2 is 1.83 bits per heavy atom. The van der Waals surface area contributed by atoms with Crippen molar-refractivity contribution >= 4 is 34.1 Å². The van der Waals surface area contributed by atoms with Gasteiger partial charge in [0.2, 0.25) is 10.1 Å². The van der Waals surface area contributed by atoms with Crippen LogP contribution in [0.25, 0.3) is 10.9 Å². The van der Waals surface area contributed by atoms with Gasteiger partial charge in [0, 0.05) is 11.5 Å². The quantitative estimate of drug-likeness (QED) is 0.556. The molecule has 1 aliphatic heterocycles. The van der Waals surface area contributed by atoms with E-state index in [0.29, 0.717) is 17.9 Å². The van der Waals surface area contributed by atoms with Crippen molar-refractivity contribution in [1.29, 1.82) is 0 Å². The van der Waals surface area contributed by atoms with Crippen molar-refractivity contribution in [1.82, 2.24) is 4.98 Å². The molecule has 122 valence electrons. The number of rotatable bonds is 4. The minimum atomic E-state index is -1.21. The maximum Gasteiger partial charge on any atom is 0.249 e. The summed E-state index contributed by atoms with van der Waals surface area (Å²) in [5.74, 6) is 0.589. The summed E-state index contributed by atoms with van der Waals surface area (Å²) < 4.78 is 9.97. The molecule has 0 saturated carbocycles. The molecule has 4 rings (SSSR count). The first-order valence-electron chi connectivity index (χ1n) is 7.43. The monoisotopic (exact) mass is 361 g/mol. The third-order valence-electron chi connectivity index (χ3n) is 3.93. The van der Waals surface area contributed by atoms with Crippen molar-refractivity contribution < 1.29 is 9.47 Å². The predicted molar refractivity (Wildman–Crippen MR) is 93.6 cm³/mol. The summed E-state index contributed by atoms with van der Waals surface area (Å²) in [6, 6.07) is 16.6. The van der Waals surface area contributed by atoms with Crippen molar-refractivity contribution in [2.45, 2.75) is 17.2 Å². The molecule has 2 heterocycles. The molecule has 1 unspecified atom stereocenters. The second-order valence-corrected chi connectivity index (χ2v) is 6.91. The number of alkyl halides is 2. The highest BCUT2D eigenvalue weighted by Gasteiger charge is 2.55. The van der Waals surface area contributed by atoms with Gasteiger partial charge in [0.25, 0.3) is 0 Å². The van der Waals surface area contributed by atoms with Crippen molar-refractivity contribution in [2.75, 3.05) is 0 Å². The van der Waals surface area contributed by atoms with Crippen LogP contribution in [-0.4, -0.2) is 9.50 Å². The van der Waals surface area contributed by atoms with Gasteiger partial charge in [-0.3, -0.25) is 4.79 Å². The van der Waals surface area contributed by atoms with Gasteiger partial charge < -0.3 is 14.5 Å². The molecular formula is C18H13Cl2NO3. The first-order chi connectivity index (χ1) is 11.5. The molecule has 0 bridgehead atoms. The van der Waals surface area contributed by atoms with E-state index < -0.39 is 10.6 Å². The molecule has 1 aliphatic rings. The van der Waals surface area contributed by atoms with Crippen LogP contribution >= 0.6 is 23.2 Å². The predicted octanol–water partition coefficient (Wildman–Crippen LogP) is 4.31. The molecule has 0 aliphatic carbocycles. The first kappa shape index (κ1) is 15.5. The number of aromatic nitrogens is 1. The Morgan fingerprint density at radius 3 is 2.54 bits per heavy atom. The van der Waals surface area contributed by atoms with Gasteiger partial charge in [-0.1, -0.05) is 59.6 Å². The fraction of sp³-hybridized carbons (Fsp3) is 0.167. The summed E-state index contributed by atoms with van der Waals surface area (Å²) >= 11 is 12.0. The number of nitrogens with one attached hydrogen (secondary N) is 1. The Labute approximate surface area is 147 Å².